The fourth-order valence-corrected chi connectivity index (χ4v) is 0.682. The molecule has 1 atom stereocenters. The van der Waals surface area contributed by atoms with E-state index < -0.39 is 0 Å². The summed E-state index contributed by atoms with van der Waals surface area (Å²) in [6.07, 6.45) is 3.03. The Kier molecular flexibility index (Phi) is 4.81. The Balaban J connectivity index is 3.94. The lowest BCUT2D eigenvalue weighted by atomic mass is 10.6. The normalized spacial score (nSPS) is 13.0. The molecule has 2 N–H and O–H groups in total. The number of allylic oxidation sites excluding steroid dienone is 1. The van der Waals surface area contributed by atoms with Crippen molar-refractivity contribution in [3.63, 3.8) is 0 Å². The first kappa shape index (κ1) is 9.34. The molecule has 0 aromatic rings. The van der Waals surface area contributed by atoms with Gasteiger partial charge in [0.15, 0.2) is 0 Å². The first-order valence-corrected chi connectivity index (χ1v) is 3.49. The molecular weight excluding hydrogens is 145 g/mol. The van der Waals surface area contributed by atoms with Crippen molar-refractivity contribution in [2.24, 2.45) is 10.8 Å². The average molecular weight is 157 g/mol. The van der Waals surface area contributed by atoms with E-state index in [1.54, 1.807) is 23.2 Å². The SMILES string of the molecule is C=C/C=N\N(C=P)C(C)N. The summed E-state index contributed by atoms with van der Waals surface area (Å²) < 4.78 is 0. The molecule has 0 aliphatic rings. The molecule has 0 aromatic carbocycles. The van der Waals surface area contributed by atoms with Crippen molar-refractivity contribution >= 4 is 21.0 Å². The monoisotopic (exact) mass is 157 g/mol. The third-order valence-electron chi connectivity index (χ3n) is 0.855. The van der Waals surface area contributed by atoms with Crippen LogP contribution in [-0.2, 0) is 0 Å². The summed E-state index contributed by atoms with van der Waals surface area (Å²) >= 11 is 0. The molecule has 0 aromatic heterocycles. The van der Waals surface area contributed by atoms with Crippen LogP contribution < -0.4 is 5.73 Å². The van der Waals surface area contributed by atoms with E-state index in [2.05, 4.69) is 20.5 Å². The Morgan fingerprint density at radius 2 is 2.40 bits per heavy atom. The predicted octanol–water partition coefficient (Wildman–Crippen LogP) is 0.667. The van der Waals surface area contributed by atoms with Crippen LogP contribution in [0.4, 0.5) is 0 Å². The van der Waals surface area contributed by atoms with Gasteiger partial charge in [0, 0.05) is 12.1 Å². The molecule has 0 saturated heterocycles. The first-order chi connectivity index (χ1) is 4.72. The molecule has 0 aliphatic heterocycles. The number of nitrogens with two attached hydrogens (primary N) is 1. The van der Waals surface area contributed by atoms with Crippen LogP contribution in [0.1, 0.15) is 6.92 Å². The minimum absolute atomic E-state index is 0.131. The van der Waals surface area contributed by atoms with Crippen LogP contribution in [0.15, 0.2) is 17.8 Å². The van der Waals surface area contributed by atoms with Crippen LogP contribution in [0.25, 0.3) is 0 Å². The molecule has 0 aliphatic carbocycles. The Labute approximate surface area is 63.4 Å². The molecule has 56 valence electrons. The van der Waals surface area contributed by atoms with Crippen molar-refractivity contribution in [1.82, 2.24) is 5.01 Å². The van der Waals surface area contributed by atoms with Gasteiger partial charge in [-0.3, -0.25) is 5.01 Å². The average Bonchev–Trinajstić information content (AvgIpc) is 1.89. The lowest BCUT2D eigenvalue weighted by molar-refractivity contribution is 0.372. The molecule has 0 radical (unpaired) electrons. The van der Waals surface area contributed by atoms with E-state index in [0.29, 0.717) is 0 Å². The molecule has 0 fully saturated rings. The number of rotatable bonds is 4. The summed E-state index contributed by atoms with van der Waals surface area (Å²) in [5.74, 6) is 1.62. The Morgan fingerprint density at radius 1 is 1.80 bits per heavy atom. The first-order valence-electron chi connectivity index (χ1n) is 2.92. The zero-order valence-corrected chi connectivity index (χ0v) is 6.99. The van der Waals surface area contributed by atoms with Gasteiger partial charge in [0.2, 0.25) is 0 Å². The van der Waals surface area contributed by atoms with Gasteiger partial charge in [-0.05, 0) is 13.0 Å². The summed E-state index contributed by atoms with van der Waals surface area (Å²) in [6, 6.07) is 0. The van der Waals surface area contributed by atoms with E-state index in [4.69, 9.17) is 5.73 Å². The Hall–Kier alpha value is -0.660. The van der Waals surface area contributed by atoms with E-state index in [-0.39, 0.29) is 6.17 Å². The van der Waals surface area contributed by atoms with E-state index in [1.807, 2.05) is 6.92 Å². The molecular formula is C6H12N3P. The van der Waals surface area contributed by atoms with Crippen molar-refractivity contribution in [2.45, 2.75) is 13.1 Å². The highest BCUT2D eigenvalue weighted by molar-refractivity contribution is 7.18. The highest BCUT2D eigenvalue weighted by atomic mass is 31.0. The van der Waals surface area contributed by atoms with Crippen LogP contribution in [0.3, 0.4) is 0 Å². The van der Waals surface area contributed by atoms with Gasteiger partial charge < -0.3 is 5.73 Å². The largest absolute Gasteiger partial charge is 0.310 e. The number of hydrazone groups is 1. The van der Waals surface area contributed by atoms with E-state index >= 15 is 0 Å². The summed E-state index contributed by atoms with van der Waals surface area (Å²) in [4.78, 5) is 0. The quantitative estimate of drug-likeness (QED) is 0.282. The van der Waals surface area contributed by atoms with Gasteiger partial charge in [-0.25, -0.2) is 0 Å². The smallest absolute Gasteiger partial charge is 0.0963 e. The third kappa shape index (κ3) is 3.38. The van der Waals surface area contributed by atoms with Crippen molar-refractivity contribution < 1.29 is 0 Å². The zero-order chi connectivity index (χ0) is 7.98. The van der Waals surface area contributed by atoms with Gasteiger partial charge in [-0.1, -0.05) is 6.58 Å². The van der Waals surface area contributed by atoms with E-state index in [9.17, 15) is 0 Å². The molecule has 1 unspecified atom stereocenters. The molecule has 3 nitrogen and oxygen atoms in total. The molecule has 0 amide bonds. The van der Waals surface area contributed by atoms with Gasteiger partial charge in [0.1, 0.15) is 0 Å². The second-order valence-corrected chi connectivity index (χ2v) is 2.01. The Morgan fingerprint density at radius 3 is 2.70 bits per heavy atom. The van der Waals surface area contributed by atoms with Gasteiger partial charge in [-0.2, -0.15) is 5.10 Å². The number of hydrogen-bond acceptors (Lipinski definition) is 2. The summed E-state index contributed by atoms with van der Waals surface area (Å²) in [5, 5.41) is 5.49. The van der Waals surface area contributed by atoms with Crippen LogP contribution in [0.5, 0.6) is 0 Å². The molecule has 0 rings (SSSR count). The van der Waals surface area contributed by atoms with Crippen molar-refractivity contribution in [1.29, 1.82) is 0 Å². The summed E-state index contributed by atoms with van der Waals surface area (Å²) in [5.41, 5.74) is 5.50. The molecule has 10 heavy (non-hydrogen) atoms. The van der Waals surface area contributed by atoms with Crippen LogP contribution in [0.2, 0.25) is 0 Å². The summed E-state index contributed by atoms with van der Waals surface area (Å²) in [6.45, 7) is 5.31. The van der Waals surface area contributed by atoms with Gasteiger partial charge in [0.25, 0.3) is 0 Å². The Bertz CT molecular complexity index is 142. The fraction of sp³-hybridized carbons (Fsp3) is 0.333. The van der Waals surface area contributed by atoms with Crippen LogP contribution in [-0.4, -0.2) is 23.3 Å². The topological polar surface area (TPSA) is 41.6 Å². The summed E-state index contributed by atoms with van der Waals surface area (Å²) in [7, 11) is 3.17. The third-order valence-corrected chi connectivity index (χ3v) is 1.12. The lowest BCUT2D eigenvalue weighted by Crippen LogP contribution is -2.33. The number of nitrogens with zero attached hydrogens (tertiary/aromatic N) is 2. The molecule has 0 bridgehead atoms. The van der Waals surface area contributed by atoms with E-state index in [1.165, 1.54) is 0 Å². The standard InChI is InChI=1S/C6H12N3P/c1-3-4-8-9(5-10)6(2)7/h3-6,10H,1,7H2,2H3/b8-4-. The van der Waals surface area contributed by atoms with Gasteiger partial charge in [-0.15, -0.1) is 8.86 Å². The van der Waals surface area contributed by atoms with Crippen LogP contribution in [0, 0.1) is 0 Å². The molecule has 0 spiro atoms. The minimum Gasteiger partial charge on any atom is -0.310 e. The van der Waals surface area contributed by atoms with Crippen LogP contribution >= 0.6 is 8.86 Å². The minimum atomic E-state index is -0.131. The van der Waals surface area contributed by atoms with Crippen molar-refractivity contribution in [3.8, 4) is 0 Å². The molecule has 0 saturated carbocycles. The maximum Gasteiger partial charge on any atom is 0.0963 e. The second-order valence-electron chi connectivity index (χ2n) is 1.75. The fourth-order valence-electron chi connectivity index (χ4n) is 0.380. The zero-order valence-electron chi connectivity index (χ0n) is 5.99. The highest BCUT2D eigenvalue weighted by Gasteiger charge is 1.97. The maximum absolute atomic E-state index is 5.50. The van der Waals surface area contributed by atoms with E-state index in [0.717, 1.165) is 0 Å². The lowest BCUT2D eigenvalue weighted by Gasteiger charge is -2.16. The maximum atomic E-state index is 5.50. The van der Waals surface area contributed by atoms with Gasteiger partial charge >= 0.3 is 0 Å². The number of hydrogen-bond donors (Lipinski definition) is 1. The van der Waals surface area contributed by atoms with Gasteiger partial charge in [0.05, 0.1) is 6.17 Å². The highest BCUT2D eigenvalue weighted by Crippen LogP contribution is 1.88. The predicted molar refractivity (Wildman–Crippen MR) is 48.6 cm³/mol. The van der Waals surface area contributed by atoms with Crippen molar-refractivity contribution in [3.05, 3.63) is 12.7 Å². The molecule has 4 heteroatoms. The molecule has 0 heterocycles. The van der Waals surface area contributed by atoms with Crippen molar-refractivity contribution in [2.75, 3.05) is 0 Å². The second kappa shape index (κ2) is 5.15.